The number of rotatable bonds is 2. The molecule has 0 unspecified atom stereocenters. The van der Waals surface area contributed by atoms with E-state index in [4.69, 9.17) is 5.11 Å². The Kier molecular flexibility index (Phi) is 3.14. The van der Waals surface area contributed by atoms with Gasteiger partial charge >= 0.3 is 12.1 Å². The Hall–Kier alpha value is -1.78. The quantitative estimate of drug-likeness (QED) is 0.770. The zero-order chi connectivity index (χ0) is 11.5. The molecule has 0 spiro atoms. The number of benzene rings is 1. The highest BCUT2D eigenvalue weighted by Crippen LogP contribution is 2.32. The molecule has 0 fully saturated rings. The first-order chi connectivity index (χ1) is 6.91. The molecule has 0 aromatic heterocycles. The molecule has 0 atom stereocenters. The van der Waals surface area contributed by atoms with E-state index in [-0.39, 0.29) is 5.56 Å². The highest BCUT2D eigenvalue weighted by atomic mass is 19.4. The topological polar surface area (TPSA) is 37.3 Å². The lowest BCUT2D eigenvalue weighted by molar-refractivity contribution is -0.138. The van der Waals surface area contributed by atoms with Crippen molar-refractivity contribution < 1.29 is 23.1 Å². The summed E-state index contributed by atoms with van der Waals surface area (Å²) in [6.45, 7) is 0. The number of hydrogen-bond donors (Lipinski definition) is 1. The standard InChI is InChI=1S/C10H6F3O2/c11-10(12,13)8-4-2-1-3-7(8)5-6-9(14)15/h1,3-6H,(H,14,15)/b6-5+. The third-order valence-electron chi connectivity index (χ3n) is 1.61. The second-order valence-electron chi connectivity index (χ2n) is 2.68. The fourth-order valence-corrected chi connectivity index (χ4v) is 0.994. The molecule has 0 saturated heterocycles. The summed E-state index contributed by atoms with van der Waals surface area (Å²) < 4.78 is 37.1. The van der Waals surface area contributed by atoms with Crippen molar-refractivity contribution in [1.82, 2.24) is 0 Å². The fourth-order valence-electron chi connectivity index (χ4n) is 0.994. The molecule has 0 aliphatic heterocycles. The Morgan fingerprint density at radius 2 is 2.13 bits per heavy atom. The van der Waals surface area contributed by atoms with Crippen molar-refractivity contribution >= 4 is 12.0 Å². The Morgan fingerprint density at radius 1 is 1.47 bits per heavy atom. The van der Waals surface area contributed by atoms with E-state index in [0.29, 0.717) is 6.08 Å². The maximum Gasteiger partial charge on any atom is 0.417 e. The molecular weight excluding hydrogens is 209 g/mol. The van der Waals surface area contributed by atoms with E-state index in [9.17, 15) is 18.0 Å². The number of aliphatic carboxylic acids is 1. The number of hydrogen-bond acceptors (Lipinski definition) is 1. The molecule has 1 aromatic carbocycles. The third-order valence-corrected chi connectivity index (χ3v) is 1.61. The minimum absolute atomic E-state index is 0.191. The summed E-state index contributed by atoms with van der Waals surface area (Å²) in [4.78, 5) is 10.2. The van der Waals surface area contributed by atoms with Gasteiger partial charge in [0.05, 0.1) is 5.56 Å². The molecule has 0 saturated carbocycles. The van der Waals surface area contributed by atoms with Gasteiger partial charge < -0.3 is 5.11 Å². The van der Waals surface area contributed by atoms with Crippen LogP contribution in [0, 0.1) is 6.07 Å². The van der Waals surface area contributed by atoms with Crippen LogP contribution in [0.25, 0.3) is 6.08 Å². The number of alkyl halides is 3. The van der Waals surface area contributed by atoms with Crippen LogP contribution in [0.4, 0.5) is 13.2 Å². The van der Waals surface area contributed by atoms with Gasteiger partial charge in [-0.15, -0.1) is 0 Å². The van der Waals surface area contributed by atoms with Gasteiger partial charge in [-0.05, 0) is 23.8 Å². The normalized spacial score (nSPS) is 11.9. The Labute approximate surface area is 83.7 Å². The fraction of sp³-hybridized carbons (Fsp3) is 0.100. The van der Waals surface area contributed by atoms with Crippen LogP contribution in [0.5, 0.6) is 0 Å². The molecule has 0 heterocycles. The second kappa shape index (κ2) is 4.16. The van der Waals surface area contributed by atoms with E-state index in [1.807, 2.05) is 0 Å². The van der Waals surface area contributed by atoms with Crippen LogP contribution < -0.4 is 0 Å². The van der Waals surface area contributed by atoms with Crippen molar-refractivity contribution in [3.63, 3.8) is 0 Å². The first-order valence-electron chi connectivity index (χ1n) is 3.89. The van der Waals surface area contributed by atoms with Crippen LogP contribution in [0.2, 0.25) is 0 Å². The van der Waals surface area contributed by atoms with Crippen LogP contribution >= 0.6 is 0 Å². The SMILES string of the molecule is O=C(O)/C=C/c1cc[c]cc1C(F)(F)F. The van der Waals surface area contributed by atoms with Gasteiger partial charge in [-0.25, -0.2) is 4.79 Å². The zero-order valence-corrected chi connectivity index (χ0v) is 7.38. The zero-order valence-electron chi connectivity index (χ0n) is 7.38. The van der Waals surface area contributed by atoms with Gasteiger partial charge in [0.25, 0.3) is 0 Å². The summed E-state index contributed by atoms with van der Waals surface area (Å²) in [7, 11) is 0. The maximum absolute atomic E-state index is 12.4. The van der Waals surface area contributed by atoms with Crippen LogP contribution in [0.15, 0.2) is 24.3 Å². The Bertz CT molecular complexity index is 394. The van der Waals surface area contributed by atoms with E-state index in [0.717, 1.165) is 18.2 Å². The third kappa shape index (κ3) is 3.12. The Morgan fingerprint density at radius 3 is 2.67 bits per heavy atom. The largest absolute Gasteiger partial charge is 0.478 e. The summed E-state index contributed by atoms with van der Waals surface area (Å²) >= 11 is 0. The van der Waals surface area contributed by atoms with Crippen molar-refractivity contribution in [2.45, 2.75) is 6.18 Å². The van der Waals surface area contributed by atoms with Gasteiger partial charge in [0.1, 0.15) is 0 Å². The maximum atomic E-state index is 12.4. The molecule has 0 aliphatic rings. The van der Waals surface area contributed by atoms with E-state index in [1.165, 1.54) is 6.07 Å². The van der Waals surface area contributed by atoms with Crippen molar-refractivity contribution in [3.05, 3.63) is 41.5 Å². The second-order valence-corrected chi connectivity index (χ2v) is 2.68. The number of carbonyl (C=O) groups is 1. The van der Waals surface area contributed by atoms with Gasteiger partial charge in [0, 0.05) is 6.08 Å². The van der Waals surface area contributed by atoms with E-state index < -0.39 is 17.7 Å². The smallest absolute Gasteiger partial charge is 0.417 e. The molecule has 79 valence electrons. The minimum Gasteiger partial charge on any atom is -0.478 e. The van der Waals surface area contributed by atoms with E-state index >= 15 is 0 Å². The van der Waals surface area contributed by atoms with Crippen LogP contribution in [-0.4, -0.2) is 11.1 Å². The molecular formula is C10H6F3O2. The van der Waals surface area contributed by atoms with Gasteiger partial charge in [-0.3, -0.25) is 0 Å². The molecule has 0 bridgehead atoms. The summed E-state index contributed by atoms with van der Waals surface area (Å²) in [5.74, 6) is -1.30. The summed E-state index contributed by atoms with van der Waals surface area (Å²) in [6.07, 6.45) is -2.94. The molecule has 1 rings (SSSR count). The first-order valence-corrected chi connectivity index (χ1v) is 3.89. The van der Waals surface area contributed by atoms with Gasteiger partial charge in [0.2, 0.25) is 0 Å². The molecule has 5 heteroatoms. The number of halogens is 3. The monoisotopic (exact) mass is 215 g/mol. The van der Waals surface area contributed by atoms with Gasteiger partial charge in [-0.2, -0.15) is 13.2 Å². The highest BCUT2D eigenvalue weighted by molar-refractivity contribution is 5.85. The van der Waals surface area contributed by atoms with Gasteiger partial charge in [0.15, 0.2) is 0 Å². The van der Waals surface area contributed by atoms with E-state index in [2.05, 4.69) is 6.07 Å². The average Bonchev–Trinajstić information content (AvgIpc) is 2.13. The Balaban J connectivity index is 3.13. The lowest BCUT2D eigenvalue weighted by Gasteiger charge is -2.08. The minimum atomic E-state index is -4.50. The van der Waals surface area contributed by atoms with Crippen molar-refractivity contribution in [3.8, 4) is 0 Å². The van der Waals surface area contributed by atoms with Crippen LogP contribution in [-0.2, 0) is 11.0 Å². The van der Waals surface area contributed by atoms with Crippen molar-refractivity contribution in [2.24, 2.45) is 0 Å². The van der Waals surface area contributed by atoms with Crippen LogP contribution in [0.1, 0.15) is 11.1 Å². The van der Waals surface area contributed by atoms with Crippen molar-refractivity contribution in [2.75, 3.05) is 0 Å². The number of carboxylic acids is 1. The average molecular weight is 215 g/mol. The lowest BCUT2D eigenvalue weighted by Crippen LogP contribution is -2.07. The molecule has 1 N–H and O–H groups in total. The first kappa shape index (κ1) is 11.3. The molecule has 2 nitrogen and oxygen atoms in total. The molecule has 1 radical (unpaired) electrons. The molecule has 0 amide bonds. The molecule has 1 aromatic rings. The molecule has 0 aliphatic carbocycles. The predicted molar refractivity (Wildman–Crippen MR) is 46.9 cm³/mol. The highest BCUT2D eigenvalue weighted by Gasteiger charge is 2.32. The van der Waals surface area contributed by atoms with E-state index in [1.54, 1.807) is 0 Å². The summed E-state index contributed by atoms with van der Waals surface area (Å²) in [6, 6.07) is 5.52. The lowest BCUT2D eigenvalue weighted by atomic mass is 10.1. The van der Waals surface area contributed by atoms with Crippen LogP contribution in [0.3, 0.4) is 0 Å². The van der Waals surface area contributed by atoms with Gasteiger partial charge in [-0.1, -0.05) is 12.1 Å². The number of carboxylic acid groups (broad SMARTS) is 1. The summed E-state index contributed by atoms with van der Waals surface area (Å²) in [5, 5.41) is 8.29. The van der Waals surface area contributed by atoms with Crippen molar-refractivity contribution in [1.29, 1.82) is 0 Å². The predicted octanol–water partition coefficient (Wildman–Crippen LogP) is 2.60. The summed E-state index contributed by atoms with van der Waals surface area (Å²) in [5.41, 5.74) is -1.09. The molecule has 15 heavy (non-hydrogen) atoms.